The van der Waals surface area contributed by atoms with E-state index in [1.165, 1.54) is 6.07 Å². The van der Waals surface area contributed by atoms with Crippen LogP contribution in [0.25, 0.3) is 0 Å². The summed E-state index contributed by atoms with van der Waals surface area (Å²) in [6, 6.07) is 14.7. The molecule has 0 saturated heterocycles. The number of ether oxygens (including phenoxy) is 1. The van der Waals surface area contributed by atoms with Gasteiger partial charge in [0.2, 0.25) is 9.84 Å². The third-order valence-corrected chi connectivity index (χ3v) is 5.01. The smallest absolute Gasteiger partial charge is 0.210 e. The van der Waals surface area contributed by atoms with Crippen LogP contribution >= 0.6 is 0 Å². The number of aliphatic hydroxyl groups excluding tert-OH is 1. The Morgan fingerprint density at radius 2 is 1.65 bits per heavy atom. The fourth-order valence-corrected chi connectivity index (χ4v) is 3.60. The van der Waals surface area contributed by atoms with Gasteiger partial charge in [0.05, 0.1) is 4.90 Å². The van der Waals surface area contributed by atoms with Gasteiger partial charge in [-0.1, -0.05) is 30.3 Å². The van der Waals surface area contributed by atoms with Gasteiger partial charge in [0.1, 0.15) is 23.4 Å². The zero-order chi connectivity index (χ0) is 16.9. The van der Waals surface area contributed by atoms with Crippen molar-refractivity contribution in [3.63, 3.8) is 0 Å². The molecule has 0 heterocycles. The Kier molecular flexibility index (Phi) is 5.76. The van der Waals surface area contributed by atoms with Crippen molar-refractivity contribution in [2.75, 3.05) is 27.2 Å². The van der Waals surface area contributed by atoms with Crippen molar-refractivity contribution in [3.8, 4) is 5.75 Å². The van der Waals surface area contributed by atoms with E-state index in [4.69, 9.17) is 4.74 Å². The molecule has 1 unspecified atom stereocenters. The molecular formula is C17H21NO4S. The minimum atomic E-state index is -3.66. The lowest BCUT2D eigenvalue weighted by atomic mass is 10.3. The average Bonchev–Trinajstić information content (AvgIpc) is 2.53. The highest BCUT2D eigenvalue weighted by Crippen LogP contribution is 2.29. The summed E-state index contributed by atoms with van der Waals surface area (Å²) in [5, 5.41) is 9.88. The van der Waals surface area contributed by atoms with Gasteiger partial charge in [-0.3, -0.25) is 0 Å². The highest BCUT2D eigenvalue weighted by atomic mass is 32.2. The molecule has 0 fully saturated rings. The summed E-state index contributed by atoms with van der Waals surface area (Å²) in [5.74, 6) is 0.245. The van der Waals surface area contributed by atoms with E-state index in [2.05, 4.69) is 0 Å². The van der Waals surface area contributed by atoms with E-state index in [1.807, 2.05) is 19.0 Å². The van der Waals surface area contributed by atoms with Gasteiger partial charge >= 0.3 is 0 Å². The number of rotatable bonds is 7. The van der Waals surface area contributed by atoms with Gasteiger partial charge in [0.15, 0.2) is 0 Å². The number of benzene rings is 2. The lowest BCUT2D eigenvalue weighted by Gasteiger charge is -2.18. The summed E-state index contributed by atoms with van der Waals surface area (Å²) < 4.78 is 31.0. The van der Waals surface area contributed by atoms with Crippen molar-refractivity contribution in [2.45, 2.75) is 15.9 Å². The first-order valence-electron chi connectivity index (χ1n) is 7.26. The van der Waals surface area contributed by atoms with E-state index >= 15 is 0 Å². The van der Waals surface area contributed by atoms with Crippen LogP contribution in [0.3, 0.4) is 0 Å². The molecule has 0 aliphatic rings. The number of aliphatic hydroxyl groups is 1. The molecule has 0 amide bonds. The van der Waals surface area contributed by atoms with Crippen LogP contribution < -0.4 is 4.74 Å². The van der Waals surface area contributed by atoms with Gasteiger partial charge in [-0.2, -0.15) is 0 Å². The van der Waals surface area contributed by atoms with Gasteiger partial charge in [-0.15, -0.1) is 0 Å². The number of sulfone groups is 1. The number of hydrogen-bond acceptors (Lipinski definition) is 5. The lowest BCUT2D eigenvalue weighted by molar-refractivity contribution is 0.0818. The second-order valence-electron chi connectivity index (χ2n) is 5.49. The fraction of sp³-hybridized carbons (Fsp3) is 0.294. The molecule has 0 saturated carbocycles. The van der Waals surface area contributed by atoms with Crippen LogP contribution in [0.4, 0.5) is 0 Å². The first kappa shape index (κ1) is 17.5. The molecule has 1 N–H and O–H groups in total. The summed E-state index contributed by atoms with van der Waals surface area (Å²) in [7, 11) is 0.0309. The average molecular weight is 335 g/mol. The maximum atomic E-state index is 12.7. The maximum Gasteiger partial charge on any atom is 0.210 e. The number of likely N-dealkylation sites (N-methyl/N-ethyl adjacent to an activating group) is 1. The van der Waals surface area contributed by atoms with Crippen molar-refractivity contribution < 1.29 is 18.3 Å². The molecule has 0 aliphatic heterocycles. The van der Waals surface area contributed by atoms with Gasteiger partial charge in [-0.05, 0) is 38.4 Å². The van der Waals surface area contributed by atoms with E-state index in [-0.39, 0.29) is 22.1 Å². The Hall–Kier alpha value is -1.89. The fourth-order valence-electron chi connectivity index (χ4n) is 2.18. The first-order chi connectivity index (χ1) is 10.9. The largest absolute Gasteiger partial charge is 0.489 e. The molecule has 0 bridgehead atoms. The van der Waals surface area contributed by atoms with Gasteiger partial charge in [0, 0.05) is 6.54 Å². The highest BCUT2D eigenvalue weighted by molar-refractivity contribution is 7.91. The van der Waals surface area contributed by atoms with Crippen LogP contribution in [0.2, 0.25) is 0 Å². The van der Waals surface area contributed by atoms with Crippen LogP contribution in [0.5, 0.6) is 5.75 Å². The zero-order valence-corrected chi connectivity index (χ0v) is 14.0. The molecule has 124 valence electrons. The first-order valence-corrected chi connectivity index (χ1v) is 8.74. The Labute approximate surface area is 137 Å². The van der Waals surface area contributed by atoms with Crippen molar-refractivity contribution in [3.05, 3.63) is 54.6 Å². The highest BCUT2D eigenvalue weighted by Gasteiger charge is 2.22. The molecule has 2 aromatic carbocycles. The Morgan fingerprint density at radius 1 is 1.04 bits per heavy atom. The molecule has 2 aromatic rings. The van der Waals surface area contributed by atoms with Gasteiger partial charge in [-0.25, -0.2) is 8.42 Å². The van der Waals surface area contributed by atoms with Gasteiger partial charge in [0.25, 0.3) is 0 Å². The molecule has 2 rings (SSSR count). The van der Waals surface area contributed by atoms with Crippen molar-refractivity contribution in [1.82, 2.24) is 4.90 Å². The third-order valence-electron chi connectivity index (χ3n) is 3.20. The second kappa shape index (κ2) is 7.59. The lowest BCUT2D eigenvalue weighted by Crippen LogP contribution is -2.30. The van der Waals surface area contributed by atoms with Crippen LogP contribution in [0.1, 0.15) is 0 Å². The van der Waals surface area contributed by atoms with Crippen molar-refractivity contribution in [2.24, 2.45) is 0 Å². The Balaban J connectivity index is 2.24. The predicted octanol–water partition coefficient (Wildman–Crippen LogP) is 1.82. The summed E-state index contributed by atoms with van der Waals surface area (Å²) in [6.45, 7) is 0.465. The van der Waals surface area contributed by atoms with E-state index < -0.39 is 15.9 Å². The van der Waals surface area contributed by atoms with Gasteiger partial charge < -0.3 is 14.7 Å². The third kappa shape index (κ3) is 4.54. The molecule has 0 aliphatic carbocycles. The summed E-state index contributed by atoms with van der Waals surface area (Å²) >= 11 is 0. The summed E-state index contributed by atoms with van der Waals surface area (Å²) in [4.78, 5) is 2.15. The molecule has 0 aromatic heterocycles. The molecule has 0 spiro atoms. The molecule has 23 heavy (non-hydrogen) atoms. The van der Waals surface area contributed by atoms with Crippen LogP contribution in [-0.4, -0.2) is 51.8 Å². The minimum absolute atomic E-state index is 0.0273. The quantitative estimate of drug-likeness (QED) is 0.836. The zero-order valence-electron chi connectivity index (χ0n) is 13.2. The minimum Gasteiger partial charge on any atom is -0.489 e. The van der Waals surface area contributed by atoms with E-state index in [1.54, 1.807) is 48.5 Å². The standard InChI is InChI=1S/C17H21NO4S/c1-18(2)12-14(19)13-22-16-10-6-7-11-17(16)23(20,21)15-8-4-3-5-9-15/h3-11,14,19H,12-13H2,1-2H3. The molecule has 5 nitrogen and oxygen atoms in total. The monoisotopic (exact) mass is 335 g/mol. The van der Waals surface area contributed by atoms with E-state index in [0.29, 0.717) is 6.54 Å². The maximum absolute atomic E-state index is 12.7. The number of nitrogens with zero attached hydrogens (tertiary/aromatic N) is 1. The summed E-state index contributed by atoms with van der Waals surface area (Å²) in [5.41, 5.74) is 0. The predicted molar refractivity (Wildman–Crippen MR) is 88.4 cm³/mol. The van der Waals surface area contributed by atoms with E-state index in [0.717, 1.165) is 0 Å². The summed E-state index contributed by atoms with van der Waals surface area (Å²) in [6.07, 6.45) is -0.697. The Bertz CT molecular complexity index is 729. The van der Waals surface area contributed by atoms with E-state index in [9.17, 15) is 13.5 Å². The topological polar surface area (TPSA) is 66.8 Å². The van der Waals surface area contributed by atoms with Crippen molar-refractivity contribution in [1.29, 1.82) is 0 Å². The number of hydrogen-bond donors (Lipinski definition) is 1. The van der Waals surface area contributed by atoms with Crippen LogP contribution in [0.15, 0.2) is 64.4 Å². The van der Waals surface area contributed by atoms with Crippen LogP contribution in [-0.2, 0) is 9.84 Å². The van der Waals surface area contributed by atoms with Crippen LogP contribution in [0, 0.1) is 0 Å². The molecule has 6 heteroatoms. The second-order valence-corrected chi connectivity index (χ2v) is 7.41. The molecule has 0 radical (unpaired) electrons. The molecular weight excluding hydrogens is 314 g/mol. The normalized spacial score (nSPS) is 13.0. The Morgan fingerprint density at radius 3 is 2.30 bits per heavy atom. The number of para-hydroxylation sites is 1. The SMILES string of the molecule is CN(C)CC(O)COc1ccccc1S(=O)(=O)c1ccccc1. The van der Waals surface area contributed by atoms with Crippen molar-refractivity contribution >= 4 is 9.84 Å². The molecule has 1 atom stereocenters.